The Labute approximate surface area is 154 Å². The van der Waals surface area contributed by atoms with Crippen LogP contribution in [0.2, 0.25) is 0 Å². The lowest BCUT2D eigenvalue weighted by atomic mass is 10.0. The molecule has 0 amide bonds. The van der Waals surface area contributed by atoms with Crippen molar-refractivity contribution in [1.29, 1.82) is 0 Å². The number of hydrogen-bond donors (Lipinski definition) is 0. The van der Waals surface area contributed by atoms with Crippen LogP contribution in [0.15, 0.2) is 72.8 Å². The first kappa shape index (κ1) is 17.7. The van der Waals surface area contributed by atoms with Crippen LogP contribution in [-0.4, -0.2) is 13.1 Å². The molecule has 3 heteroatoms. The van der Waals surface area contributed by atoms with Gasteiger partial charge in [0.1, 0.15) is 12.4 Å². The van der Waals surface area contributed by atoms with Gasteiger partial charge in [-0.15, -0.1) is 0 Å². The van der Waals surface area contributed by atoms with E-state index in [1.807, 2.05) is 67.6 Å². The summed E-state index contributed by atoms with van der Waals surface area (Å²) >= 11 is 0. The molecule has 0 unspecified atom stereocenters. The maximum absolute atomic E-state index is 12.2. The molecule has 0 bridgehead atoms. The van der Waals surface area contributed by atoms with E-state index in [4.69, 9.17) is 9.47 Å². The molecule has 0 saturated heterocycles. The van der Waals surface area contributed by atoms with Crippen LogP contribution in [0.3, 0.4) is 0 Å². The van der Waals surface area contributed by atoms with Gasteiger partial charge >= 0.3 is 5.97 Å². The molecule has 3 nitrogen and oxygen atoms in total. The summed E-state index contributed by atoms with van der Waals surface area (Å²) in [4.78, 5) is 12.2. The Balaban J connectivity index is 1.59. The van der Waals surface area contributed by atoms with Crippen molar-refractivity contribution < 1.29 is 14.3 Å². The molecule has 0 aromatic heterocycles. The normalized spacial score (nSPS) is 10.4. The highest BCUT2D eigenvalue weighted by molar-refractivity contribution is 5.73. The van der Waals surface area contributed by atoms with Crippen LogP contribution < -0.4 is 4.74 Å². The molecule has 0 aliphatic heterocycles. The smallest absolute Gasteiger partial charge is 0.310 e. The van der Waals surface area contributed by atoms with Gasteiger partial charge in [0.05, 0.1) is 13.5 Å². The van der Waals surface area contributed by atoms with Crippen LogP contribution in [0, 0.1) is 6.92 Å². The molecule has 0 heterocycles. The summed E-state index contributed by atoms with van der Waals surface area (Å²) < 4.78 is 10.7. The molecule has 132 valence electrons. The lowest BCUT2D eigenvalue weighted by Crippen LogP contribution is -2.08. The molecule has 0 aliphatic rings. The Morgan fingerprint density at radius 2 is 1.58 bits per heavy atom. The fraction of sp³-hybridized carbons (Fsp3) is 0.174. The zero-order chi connectivity index (χ0) is 18.4. The molecule has 0 aliphatic carbocycles. The molecule has 0 spiro atoms. The van der Waals surface area contributed by atoms with E-state index in [2.05, 4.69) is 12.1 Å². The summed E-state index contributed by atoms with van der Waals surface area (Å²) in [7, 11) is 1.62. The van der Waals surface area contributed by atoms with E-state index in [-0.39, 0.29) is 19.0 Å². The highest BCUT2D eigenvalue weighted by Gasteiger charge is 2.09. The average molecular weight is 346 g/mol. The monoisotopic (exact) mass is 346 g/mol. The topological polar surface area (TPSA) is 35.5 Å². The van der Waals surface area contributed by atoms with Crippen LogP contribution in [0.4, 0.5) is 0 Å². The summed E-state index contributed by atoms with van der Waals surface area (Å²) in [5.74, 6) is 0.483. The Morgan fingerprint density at radius 3 is 2.27 bits per heavy atom. The second-order valence-corrected chi connectivity index (χ2v) is 6.22. The minimum atomic E-state index is -0.249. The summed E-state index contributed by atoms with van der Waals surface area (Å²) in [5, 5.41) is 0. The van der Waals surface area contributed by atoms with Gasteiger partial charge in [-0.2, -0.15) is 0 Å². The van der Waals surface area contributed by atoms with Crippen LogP contribution >= 0.6 is 0 Å². The first-order chi connectivity index (χ1) is 12.7. The number of ether oxygens (including phenoxy) is 2. The van der Waals surface area contributed by atoms with E-state index in [0.29, 0.717) is 0 Å². The predicted octanol–water partition coefficient (Wildman–Crippen LogP) is 4.96. The highest BCUT2D eigenvalue weighted by atomic mass is 16.5. The van der Waals surface area contributed by atoms with E-state index in [9.17, 15) is 4.79 Å². The largest absolute Gasteiger partial charge is 0.496 e. The molecule has 0 radical (unpaired) electrons. The van der Waals surface area contributed by atoms with Gasteiger partial charge in [-0.25, -0.2) is 0 Å². The summed E-state index contributed by atoms with van der Waals surface area (Å²) in [6.07, 6.45) is 0.253. The molecule has 3 rings (SSSR count). The lowest BCUT2D eigenvalue weighted by molar-refractivity contribution is -0.144. The van der Waals surface area contributed by atoms with Crippen molar-refractivity contribution in [3.05, 3.63) is 89.5 Å². The minimum Gasteiger partial charge on any atom is -0.496 e. The number of carbonyl (C=O) groups excluding carboxylic acids is 1. The Bertz CT molecular complexity index is 868. The molecular formula is C23H22O3. The maximum Gasteiger partial charge on any atom is 0.310 e. The fourth-order valence-electron chi connectivity index (χ4n) is 2.84. The fourth-order valence-corrected chi connectivity index (χ4v) is 2.84. The van der Waals surface area contributed by atoms with Gasteiger partial charge in [0.25, 0.3) is 0 Å². The Hall–Kier alpha value is -3.07. The van der Waals surface area contributed by atoms with Gasteiger partial charge in [-0.1, -0.05) is 66.2 Å². The number of benzene rings is 3. The van der Waals surface area contributed by atoms with Gasteiger partial charge in [-0.3, -0.25) is 4.79 Å². The van der Waals surface area contributed by atoms with E-state index in [1.54, 1.807) is 7.11 Å². The summed E-state index contributed by atoms with van der Waals surface area (Å²) in [6, 6.07) is 24.0. The lowest BCUT2D eigenvalue weighted by Gasteiger charge is -2.10. The van der Waals surface area contributed by atoms with Crippen molar-refractivity contribution in [1.82, 2.24) is 0 Å². The van der Waals surface area contributed by atoms with Crippen LogP contribution in [-0.2, 0) is 22.6 Å². The van der Waals surface area contributed by atoms with Crippen LogP contribution in [0.25, 0.3) is 11.1 Å². The second kappa shape index (κ2) is 8.34. The SMILES string of the molecule is COc1ccc(C)cc1COC(=O)Cc1ccc(-c2ccccc2)cc1. The number of aryl methyl sites for hydroxylation is 1. The van der Waals surface area contributed by atoms with Crippen LogP contribution in [0.5, 0.6) is 5.75 Å². The molecule has 0 saturated carbocycles. The Kier molecular flexibility index (Phi) is 5.69. The Morgan fingerprint density at radius 1 is 0.885 bits per heavy atom. The first-order valence-electron chi connectivity index (χ1n) is 8.59. The van der Waals surface area contributed by atoms with Gasteiger partial charge < -0.3 is 9.47 Å². The molecule has 3 aromatic carbocycles. The zero-order valence-electron chi connectivity index (χ0n) is 15.1. The summed E-state index contributed by atoms with van der Waals surface area (Å²) in [5.41, 5.74) is 5.21. The van der Waals surface area contributed by atoms with Gasteiger partial charge in [-0.05, 0) is 35.7 Å². The molecule has 0 fully saturated rings. The van der Waals surface area contributed by atoms with E-state index < -0.39 is 0 Å². The number of methoxy groups -OCH3 is 1. The molecule has 26 heavy (non-hydrogen) atoms. The maximum atomic E-state index is 12.2. The molecule has 3 aromatic rings. The van der Waals surface area contributed by atoms with E-state index >= 15 is 0 Å². The van der Waals surface area contributed by atoms with Crippen molar-refractivity contribution in [2.75, 3.05) is 7.11 Å². The van der Waals surface area contributed by atoms with E-state index in [0.717, 1.165) is 33.6 Å². The number of esters is 1. The standard InChI is InChI=1S/C23H22O3/c1-17-8-13-22(25-2)21(14-17)16-26-23(24)15-18-9-11-20(12-10-18)19-6-4-3-5-7-19/h3-14H,15-16H2,1-2H3. The van der Waals surface area contributed by atoms with Gasteiger partial charge in [0.2, 0.25) is 0 Å². The number of carbonyl (C=O) groups is 1. The second-order valence-electron chi connectivity index (χ2n) is 6.22. The third-order valence-electron chi connectivity index (χ3n) is 4.23. The summed E-state index contributed by atoms with van der Waals surface area (Å²) in [6.45, 7) is 2.21. The molecule has 0 atom stereocenters. The first-order valence-corrected chi connectivity index (χ1v) is 8.59. The number of hydrogen-bond acceptors (Lipinski definition) is 3. The quantitative estimate of drug-likeness (QED) is 0.592. The van der Waals surface area contributed by atoms with Gasteiger partial charge in [0.15, 0.2) is 0 Å². The van der Waals surface area contributed by atoms with Crippen molar-refractivity contribution in [2.24, 2.45) is 0 Å². The third kappa shape index (κ3) is 4.51. The van der Waals surface area contributed by atoms with Gasteiger partial charge in [0, 0.05) is 5.56 Å². The van der Waals surface area contributed by atoms with Crippen molar-refractivity contribution in [3.63, 3.8) is 0 Å². The molecule has 0 N–H and O–H groups in total. The number of rotatable bonds is 6. The van der Waals surface area contributed by atoms with E-state index in [1.165, 1.54) is 0 Å². The highest BCUT2D eigenvalue weighted by Crippen LogP contribution is 2.21. The van der Waals surface area contributed by atoms with Crippen molar-refractivity contribution >= 4 is 5.97 Å². The average Bonchev–Trinajstić information content (AvgIpc) is 2.68. The van der Waals surface area contributed by atoms with Crippen LogP contribution in [0.1, 0.15) is 16.7 Å². The van der Waals surface area contributed by atoms with Crippen molar-refractivity contribution in [2.45, 2.75) is 20.0 Å². The minimum absolute atomic E-state index is 0.214. The predicted molar refractivity (Wildman–Crippen MR) is 103 cm³/mol. The molecular weight excluding hydrogens is 324 g/mol. The zero-order valence-corrected chi connectivity index (χ0v) is 15.1. The van der Waals surface area contributed by atoms with Crippen molar-refractivity contribution in [3.8, 4) is 16.9 Å². The third-order valence-corrected chi connectivity index (χ3v) is 4.23.